The van der Waals surface area contributed by atoms with Crippen LogP contribution in [0.4, 0.5) is 0 Å². The molecule has 8 aromatic rings. The van der Waals surface area contributed by atoms with Crippen LogP contribution in [0.25, 0.3) is 22.3 Å². The molecule has 0 aliphatic rings. The second-order valence-corrected chi connectivity index (χ2v) is 16.7. The molecule has 0 aliphatic heterocycles. The summed E-state index contributed by atoms with van der Waals surface area (Å²) in [6, 6.07) is 53.1. The van der Waals surface area contributed by atoms with Crippen molar-refractivity contribution in [2.45, 2.75) is 59.7 Å². The number of carbonyl (C=O) groups is 3. The molecular formula is C58H54N4O4. The fourth-order valence-electron chi connectivity index (χ4n) is 7.44. The Balaban J connectivity index is 0.000000196. The first-order valence-corrected chi connectivity index (χ1v) is 22.0. The summed E-state index contributed by atoms with van der Waals surface area (Å²) in [7, 11) is 0. The third kappa shape index (κ3) is 11.8. The van der Waals surface area contributed by atoms with Crippen LogP contribution in [0.15, 0.2) is 182 Å². The van der Waals surface area contributed by atoms with Crippen LogP contribution in [0.2, 0.25) is 0 Å². The van der Waals surface area contributed by atoms with Crippen LogP contribution >= 0.6 is 0 Å². The SMILES string of the molecule is Cc1ccc(-c2cc(C(=O)N[C@H](C)c3ccc(C)nc3)cc(C(=O)c3ccccc3)c2)cc1.Cc1ccc(-c2cc(C(=O)N[C@H](C)c3ccc(C)nc3)cc(C(O)c3ccccc3)c2)cc1. The van der Waals surface area contributed by atoms with Crippen LogP contribution in [0.5, 0.6) is 0 Å². The van der Waals surface area contributed by atoms with Gasteiger partial charge in [-0.1, -0.05) is 132 Å². The van der Waals surface area contributed by atoms with Crippen LogP contribution in [-0.4, -0.2) is 32.7 Å². The van der Waals surface area contributed by atoms with Gasteiger partial charge in [0.2, 0.25) is 0 Å². The minimum absolute atomic E-state index is 0.116. The van der Waals surface area contributed by atoms with E-state index in [2.05, 4.69) is 20.6 Å². The van der Waals surface area contributed by atoms with Crippen molar-refractivity contribution in [1.82, 2.24) is 20.6 Å². The summed E-state index contributed by atoms with van der Waals surface area (Å²) in [4.78, 5) is 48.3. The number of pyridine rings is 2. The van der Waals surface area contributed by atoms with Gasteiger partial charge in [-0.25, -0.2) is 0 Å². The quantitative estimate of drug-likeness (QED) is 0.105. The van der Waals surface area contributed by atoms with Crippen LogP contribution in [-0.2, 0) is 0 Å². The number of ketones is 1. The summed E-state index contributed by atoms with van der Waals surface area (Å²) < 4.78 is 0. The molecular weight excluding hydrogens is 817 g/mol. The maximum absolute atomic E-state index is 13.2. The number of carbonyl (C=O) groups excluding carboxylic acids is 3. The molecule has 1 unspecified atom stereocenters. The van der Waals surface area contributed by atoms with Gasteiger partial charge in [-0.15, -0.1) is 0 Å². The number of hydrogen-bond acceptors (Lipinski definition) is 6. The first kappa shape index (κ1) is 46.2. The molecule has 8 heteroatoms. The van der Waals surface area contributed by atoms with E-state index in [1.165, 1.54) is 0 Å². The summed E-state index contributed by atoms with van der Waals surface area (Å²) in [5.74, 6) is -0.549. The predicted octanol–water partition coefficient (Wildman–Crippen LogP) is 12.0. The molecule has 0 saturated heterocycles. The topological polar surface area (TPSA) is 121 Å². The molecule has 8 nitrogen and oxygen atoms in total. The largest absolute Gasteiger partial charge is 0.384 e. The average molecular weight is 871 g/mol. The Morgan fingerprint density at radius 3 is 1.33 bits per heavy atom. The van der Waals surface area contributed by atoms with E-state index in [0.717, 1.165) is 61.5 Å². The van der Waals surface area contributed by atoms with Crippen molar-refractivity contribution >= 4 is 17.6 Å². The number of aliphatic hydroxyl groups excluding tert-OH is 1. The third-order valence-electron chi connectivity index (χ3n) is 11.5. The predicted molar refractivity (Wildman–Crippen MR) is 263 cm³/mol. The Morgan fingerprint density at radius 2 is 0.864 bits per heavy atom. The van der Waals surface area contributed by atoms with Crippen LogP contribution in [0.3, 0.4) is 0 Å². The number of hydrogen-bond donors (Lipinski definition) is 3. The van der Waals surface area contributed by atoms with Gasteiger partial charge < -0.3 is 15.7 Å². The first-order valence-electron chi connectivity index (χ1n) is 22.0. The normalized spacial score (nSPS) is 12.2. The average Bonchev–Trinajstić information content (AvgIpc) is 3.34. The second kappa shape index (κ2) is 21.2. The van der Waals surface area contributed by atoms with Crippen LogP contribution in [0.1, 0.15) is 113 Å². The maximum Gasteiger partial charge on any atom is 0.251 e. The Hall–Kier alpha value is -7.81. The van der Waals surface area contributed by atoms with Gasteiger partial charge >= 0.3 is 0 Å². The number of aryl methyl sites for hydroxylation is 4. The minimum atomic E-state index is -0.832. The molecule has 66 heavy (non-hydrogen) atoms. The Morgan fingerprint density at radius 1 is 0.424 bits per heavy atom. The van der Waals surface area contributed by atoms with E-state index < -0.39 is 6.10 Å². The molecule has 0 saturated carbocycles. The van der Waals surface area contributed by atoms with Gasteiger partial charge in [-0.3, -0.25) is 24.4 Å². The zero-order chi connectivity index (χ0) is 46.7. The number of aromatic nitrogens is 2. The number of aliphatic hydroxyl groups is 1. The number of nitrogens with zero attached hydrogens (tertiary/aromatic N) is 2. The van der Waals surface area contributed by atoms with Gasteiger partial charge in [-0.2, -0.15) is 0 Å². The summed E-state index contributed by atoms with van der Waals surface area (Å²) in [5.41, 5.74) is 13.2. The van der Waals surface area contributed by atoms with E-state index in [1.54, 1.807) is 36.7 Å². The number of amides is 2. The molecule has 0 spiro atoms. The van der Waals surface area contributed by atoms with Crippen LogP contribution < -0.4 is 10.6 Å². The minimum Gasteiger partial charge on any atom is -0.384 e. The molecule has 2 aromatic heterocycles. The van der Waals surface area contributed by atoms with Crippen LogP contribution in [0, 0.1) is 27.7 Å². The smallest absolute Gasteiger partial charge is 0.251 e. The van der Waals surface area contributed by atoms with E-state index in [-0.39, 0.29) is 29.7 Å². The van der Waals surface area contributed by atoms with Gasteiger partial charge in [0, 0.05) is 46.0 Å². The molecule has 0 fully saturated rings. The number of rotatable bonds is 12. The summed E-state index contributed by atoms with van der Waals surface area (Å²) in [5, 5.41) is 17.2. The molecule has 0 radical (unpaired) electrons. The van der Waals surface area contributed by atoms with Crippen molar-refractivity contribution in [3.63, 3.8) is 0 Å². The fourth-order valence-corrected chi connectivity index (χ4v) is 7.44. The molecule has 6 aromatic carbocycles. The maximum atomic E-state index is 13.2. The standard InChI is InChI=1S/C29H28N2O2.C29H26N2O2/c2*1-19-9-12-22(13-10-19)25-15-26(28(32)23-7-5-4-6-8-23)17-27(16-25)29(33)31-21(3)24-14-11-20(2)30-18-24/h4-18,21,28,32H,1-3H3,(H,31,33);4-18,21H,1-3H3,(H,31,33)/t21-,28?;21-/m11/s1. The van der Waals surface area contributed by atoms with E-state index in [1.807, 2.05) is 187 Å². The molecule has 8 rings (SSSR count). The van der Waals surface area contributed by atoms with Gasteiger partial charge in [0.25, 0.3) is 11.8 Å². The molecule has 2 amide bonds. The monoisotopic (exact) mass is 870 g/mol. The van der Waals surface area contributed by atoms with E-state index in [9.17, 15) is 19.5 Å². The lowest BCUT2D eigenvalue weighted by Crippen LogP contribution is -2.27. The Labute approximate surface area is 387 Å². The Bertz CT molecular complexity index is 2920. The van der Waals surface area contributed by atoms with Gasteiger partial charge in [0.15, 0.2) is 5.78 Å². The lowest BCUT2D eigenvalue weighted by molar-refractivity contribution is 0.0931. The summed E-state index contributed by atoms with van der Waals surface area (Å²) in [6.07, 6.45) is 2.72. The van der Waals surface area contributed by atoms with Crippen molar-refractivity contribution < 1.29 is 19.5 Å². The molecule has 3 atom stereocenters. The fraction of sp³-hybridized carbons (Fsp3) is 0.155. The lowest BCUT2D eigenvalue weighted by Gasteiger charge is -2.18. The van der Waals surface area contributed by atoms with E-state index in [4.69, 9.17) is 0 Å². The molecule has 3 N–H and O–H groups in total. The number of benzene rings is 6. The summed E-state index contributed by atoms with van der Waals surface area (Å²) in [6.45, 7) is 11.8. The van der Waals surface area contributed by atoms with Crippen molar-refractivity contribution in [3.8, 4) is 22.3 Å². The zero-order valence-electron chi connectivity index (χ0n) is 38.1. The van der Waals surface area contributed by atoms with Crippen molar-refractivity contribution in [2.75, 3.05) is 0 Å². The zero-order valence-corrected chi connectivity index (χ0v) is 38.1. The molecule has 2 heterocycles. The number of nitrogens with one attached hydrogen (secondary N) is 2. The highest BCUT2D eigenvalue weighted by atomic mass is 16.3. The Kier molecular flexibility index (Phi) is 14.9. The highest BCUT2D eigenvalue weighted by Gasteiger charge is 2.20. The lowest BCUT2D eigenvalue weighted by atomic mass is 9.94. The molecule has 0 aliphatic carbocycles. The second-order valence-electron chi connectivity index (χ2n) is 16.7. The van der Waals surface area contributed by atoms with Crippen molar-refractivity contribution in [2.24, 2.45) is 0 Å². The third-order valence-corrected chi connectivity index (χ3v) is 11.5. The molecule has 330 valence electrons. The van der Waals surface area contributed by atoms with Crippen molar-refractivity contribution in [3.05, 3.63) is 249 Å². The van der Waals surface area contributed by atoms with Gasteiger partial charge in [-0.05, 0) is 135 Å². The summed E-state index contributed by atoms with van der Waals surface area (Å²) >= 11 is 0. The van der Waals surface area contributed by atoms with Gasteiger partial charge in [0.05, 0.1) is 12.1 Å². The van der Waals surface area contributed by atoms with Gasteiger partial charge in [0.1, 0.15) is 6.10 Å². The highest BCUT2D eigenvalue weighted by Crippen LogP contribution is 2.30. The molecule has 0 bridgehead atoms. The van der Waals surface area contributed by atoms with E-state index in [0.29, 0.717) is 27.8 Å². The van der Waals surface area contributed by atoms with Crippen molar-refractivity contribution in [1.29, 1.82) is 0 Å². The highest BCUT2D eigenvalue weighted by molar-refractivity contribution is 6.11. The first-order chi connectivity index (χ1) is 31.8. The van der Waals surface area contributed by atoms with E-state index >= 15 is 0 Å².